The van der Waals surface area contributed by atoms with Gasteiger partial charge in [-0.05, 0) is 23.6 Å². The Morgan fingerprint density at radius 1 is 1.44 bits per heavy atom. The number of hydrogen-bond acceptors (Lipinski definition) is 3. The molecule has 0 N–H and O–H groups in total. The molecule has 0 aromatic carbocycles. The predicted molar refractivity (Wildman–Crippen MR) is 69.4 cm³/mol. The number of thiophene rings is 2. The normalized spacial score (nSPS) is 10.4. The number of halogens is 1. The topological polar surface area (TPSA) is 20.3 Å². The van der Waals surface area contributed by atoms with Crippen LogP contribution in [-0.4, -0.2) is 17.9 Å². The van der Waals surface area contributed by atoms with Crippen molar-refractivity contribution >= 4 is 40.2 Å². The number of amides is 1. The van der Waals surface area contributed by atoms with E-state index in [4.69, 9.17) is 11.6 Å². The van der Waals surface area contributed by atoms with Crippen LogP contribution < -0.4 is 0 Å². The van der Waals surface area contributed by atoms with Crippen LogP contribution >= 0.6 is 34.3 Å². The van der Waals surface area contributed by atoms with Crippen LogP contribution in [0.25, 0.3) is 0 Å². The van der Waals surface area contributed by atoms with Gasteiger partial charge in [-0.15, -0.1) is 22.7 Å². The SMILES string of the molecule is CN(Cc1ccc(Cl)s1)C(=O)c1cccs1. The van der Waals surface area contributed by atoms with E-state index in [0.29, 0.717) is 6.54 Å². The molecule has 2 aromatic rings. The highest BCUT2D eigenvalue weighted by molar-refractivity contribution is 7.16. The zero-order valence-corrected chi connectivity index (χ0v) is 11.0. The van der Waals surface area contributed by atoms with Gasteiger partial charge in [0.25, 0.3) is 5.91 Å². The van der Waals surface area contributed by atoms with E-state index >= 15 is 0 Å². The summed E-state index contributed by atoms with van der Waals surface area (Å²) in [6.45, 7) is 0.605. The van der Waals surface area contributed by atoms with E-state index in [2.05, 4.69) is 0 Å². The summed E-state index contributed by atoms with van der Waals surface area (Å²) in [4.78, 5) is 15.5. The molecule has 1 amide bonds. The highest BCUT2D eigenvalue weighted by atomic mass is 35.5. The van der Waals surface area contributed by atoms with E-state index in [1.165, 1.54) is 22.7 Å². The average molecular weight is 272 g/mol. The Labute approximate surface area is 107 Å². The number of hydrogen-bond donors (Lipinski definition) is 0. The summed E-state index contributed by atoms with van der Waals surface area (Å²) >= 11 is 8.81. The second-order valence-corrected chi connectivity index (χ2v) is 6.09. The zero-order valence-electron chi connectivity index (χ0n) is 8.64. The van der Waals surface area contributed by atoms with Crippen LogP contribution in [0.3, 0.4) is 0 Å². The summed E-state index contributed by atoms with van der Waals surface area (Å²) in [5, 5.41) is 1.91. The standard InChI is InChI=1S/C11H10ClNOS2/c1-13(7-8-4-5-10(12)16-8)11(14)9-3-2-6-15-9/h2-6H,7H2,1H3. The van der Waals surface area contributed by atoms with E-state index < -0.39 is 0 Å². The fraction of sp³-hybridized carbons (Fsp3) is 0.182. The molecule has 0 bridgehead atoms. The van der Waals surface area contributed by atoms with Crippen molar-refractivity contribution in [2.24, 2.45) is 0 Å². The first-order valence-electron chi connectivity index (χ1n) is 4.70. The van der Waals surface area contributed by atoms with Crippen LogP contribution in [0.4, 0.5) is 0 Å². The van der Waals surface area contributed by atoms with Crippen molar-refractivity contribution in [2.45, 2.75) is 6.54 Å². The fourth-order valence-corrected chi connectivity index (χ4v) is 3.19. The molecule has 0 aliphatic carbocycles. The van der Waals surface area contributed by atoms with Crippen molar-refractivity contribution in [1.82, 2.24) is 4.90 Å². The third kappa shape index (κ3) is 2.64. The predicted octanol–water partition coefficient (Wildman–Crippen LogP) is 3.74. The van der Waals surface area contributed by atoms with Gasteiger partial charge in [-0.1, -0.05) is 17.7 Å². The molecule has 0 saturated heterocycles. The number of nitrogens with zero attached hydrogens (tertiary/aromatic N) is 1. The van der Waals surface area contributed by atoms with Crippen molar-refractivity contribution in [3.05, 3.63) is 43.7 Å². The van der Waals surface area contributed by atoms with Crippen LogP contribution in [0.5, 0.6) is 0 Å². The highest BCUT2D eigenvalue weighted by Crippen LogP contribution is 2.23. The Bertz CT molecular complexity index is 478. The molecule has 0 fully saturated rings. The molecule has 16 heavy (non-hydrogen) atoms. The van der Waals surface area contributed by atoms with Crippen molar-refractivity contribution in [3.63, 3.8) is 0 Å². The van der Waals surface area contributed by atoms with Gasteiger partial charge in [-0.25, -0.2) is 0 Å². The molecule has 2 aromatic heterocycles. The van der Waals surface area contributed by atoms with E-state index in [9.17, 15) is 4.79 Å². The first-order chi connectivity index (χ1) is 7.66. The zero-order chi connectivity index (χ0) is 11.5. The summed E-state index contributed by atoms with van der Waals surface area (Å²) in [5.41, 5.74) is 0. The first-order valence-corrected chi connectivity index (χ1v) is 6.77. The van der Waals surface area contributed by atoms with Gasteiger partial charge in [0.05, 0.1) is 15.8 Å². The van der Waals surface area contributed by atoms with Gasteiger partial charge in [-0.2, -0.15) is 0 Å². The molecule has 0 spiro atoms. The summed E-state index contributed by atoms with van der Waals surface area (Å²) in [5.74, 6) is 0.0551. The lowest BCUT2D eigenvalue weighted by Gasteiger charge is -2.14. The lowest BCUT2D eigenvalue weighted by molar-refractivity contribution is 0.0791. The molecule has 0 atom stereocenters. The van der Waals surface area contributed by atoms with Gasteiger partial charge in [0.2, 0.25) is 0 Å². The van der Waals surface area contributed by atoms with Gasteiger partial charge < -0.3 is 4.90 Å². The molecule has 84 valence electrons. The highest BCUT2D eigenvalue weighted by Gasteiger charge is 2.13. The maximum Gasteiger partial charge on any atom is 0.263 e. The molecular weight excluding hydrogens is 262 g/mol. The molecule has 0 aliphatic rings. The van der Waals surface area contributed by atoms with Crippen LogP contribution in [0.2, 0.25) is 4.34 Å². The van der Waals surface area contributed by atoms with Crippen LogP contribution in [0.1, 0.15) is 14.5 Å². The van der Waals surface area contributed by atoms with Crippen molar-refractivity contribution in [3.8, 4) is 0 Å². The van der Waals surface area contributed by atoms with E-state index in [-0.39, 0.29) is 5.91 Å². The maximum atomic E-state index is 11.9. The van der Waals surface area contributed by atoms with Crippen LogP contribution in [-0.2, 0) is 6.54 Å². The molecule has 2 nitrogen and oxygen atoms in total. The van der Waals surface area contributed by atoms with Gasteiger partial charge in [-0.3, -0.25) is 4.79 Å². The second kappa shape index (κ2) is 4.99. The van der Waals surface area contributed by atoms with Crippen LogP contribution in [0.15, 0.2) is 29.6 Å². The lowest BCUT2D eigenvalue weighted by atomic mass is 10.4. The van der Waals surface area contributed by atoms with Crippen molar-refractivity contribution < 1.29 is 4.79 Å². The summed E-state index contributed by atoms with van der Waals surface area (Å²) in [6, 6.07) is 7.52. The molecule has 0 aliphatic heterocycles. The second-order valence-electron chi connectivity index (χ2n) is 3.34. The molecule has 0 radical (unpaired) electrons. The third-order valence-electron chi connectivity index (χ3n) is 2.10. The van der Waals surface area contributed by atoms with E-state index in [0.717, 1.165) is 14.1 Å². The van der Waals surface area contributed by atoms with Gasteiger partial charge in [0.15, 0.2) is 0 Å². The van der Waals surface area contributed by atoms with Crippen molar-refractivity contribution in [1.29, 1.82) is 0 Å². The summed E-state index contributed by atoms with van der Waals surface area (Å²) < 4.78 is 0.756. The summed E-state index contributed by atoms with van der Waals surface area (Å²) in [7, 11) is 1.80. The van der Waals surface area contributed by atoms with Crippen LogP contribution in [0, 0.1) is 0 Å². The summed E-state index contributed by atoms with van der Waals surface area (Å²) in [6.07, 6.45) is 0. The molecular formula is C11H10ClNOS2. The molecule has 0 unspecified atom stereocenters. The minimum absolute atomic E-state index is 0.0551. The van der Waals surface area contributed by atoms with E-state index in [1.54, 1.807) is 11.9 Å². The first kappa shape index (κ1) is 11.6. The van der Waals surface area contributed by atoms with Gasteiger partial charge >= 0.3 is 0 Å². The molecule has 2 heterocycles. The molecule has 2 rings (SSSR count). The fourth-order valence-electron chi connectivity index (χ4n) is 1.33. The van der Waals surface area contributed by atoms with Gasteiger partial charge in [0, 0.05) is 11.9 Å². The monoisotopic (exact) mass is 271 g/mol. The number of carbonyl (C=O) groups excluding carboxylic acids is 1. The van der Waals surface area contributed by atoms with Crippen molar-refractivity contribution in [2.75, 3.05) is 7.05 Å². The molecule has 5 heteroatoms. The molecule has 0 saturated carbocycles. The Kier molecular flexibility index (Phi) is 3.63. The smallest absolute Gasteiger partial charge is 0.263 e. The lowest BCUT2D eigenvalue weighted by Crippen LogP contribution is -2.24. The minimum Gasteiger partial charge on any atom is -0.336 e. The van der Waals surface area contributed by atoms with Gasteiger partial charge in [0.1, 0.15) is 0 Å². The Morgan fingerprint density at radius 2 is 2.25 bits per heavy atom. The van der Waals surface area contributed by atoms with E-state index in [1.807, 2.05) is 29.6 Å². The maximum absolute atomic E-state index is 11.9. The third-order valence-corrected chi connectivity index (χ3v) is 4.17. The number of carbonyl (C=O) groups is 1. The quantitative estimate of drug-likeness (QED) is 0.833. The largest absolute Gasteiger partial charge is 0.336 e. The Hall–Kier alpha value is -0.840. The average Bonchev–Trinajstić information content (AvgIpc) is 2.88. The minimum atomic E-state index is 0.0551. The Morgan fingerprint density at radius 3 is 2.81 bits per heavy atom. The Balaban J connectivity index is 2.03. The number of rotatable bonds is 3.